The van der Waals surface area contributed by atoms with Crippen LogP contribution in [0.25, 0.3) is 5.57 Å². The Kier molecular flexibility index (Phi) is 3.93. The Morgan fingerprint density at radius 2 is 1.67 bits per heavy atom. The Balaban J connectivity index is 2.06. The lowest BCUT2D eigenvalue weighted by atomic mass is 9.91. The molecule has 0 spiro atoms. The minimum atomic E-state index is -0.187. The second kappa shape index (κ2) is 5.63. The molecule has 2 rings (SSSR count). The summed E-state index contributed by atoms with van der Waals surface area (Å²) in [5, 5.41) is 0. The minimum Gasteiger partial charge on any atom is -0.207 e. The van der Waals surface area contributed by atoms with E-state index in [0.29, 0.717) is 5.92 Å². The van der Waals surface area contributed by atoms with Gasteiger partial charge in [-0.05, 0) is 41.2 Å². The molecule has 0 bridgehead atoms. The van der Waals surface area contributed by atoms with Gasteiger partial charge in [0.05, 0.1) is 0 Å². The first-order valence-corrected chi connectivity index (χ1v) is 6.15. The van der Waals surface area contributed by atoms with Crippen molar-refractivity contribution in [3.63, 3.8) is 0 Å². The van der Waals surface area contributed by atoms with E-state index in [1.807, 2.05) is 30.3 Å². The highest BCUT2D eigenvalue weighted by atomic mass is 19.1. The summed E-state index contributed by atoms with van der Waals surface area (Å²) in [6, 6.07) is 16.9. The fourth-order valence-corrected chi connectivity index (χ4v) is 2.07. The quantitative estimate of drug-likeness (QED) is 0.703. The van der Waals surface area contributed by atoms with Gasteiger partial charge in [-0.1, -0.05) is 56.0 Å². The summed E-state index contributed by atoms with van der Waals surface area (Å²) in [5.41, 5.74) is 3.44. The molecule has 1 heteroatoms. The number of hydrogen-bond acceptors (Lipinski definition) is 0. The molecule has 2 aromatic rings. The second-order valence-corrected chi connectivity index (χ2v) is 4.63. The van der Waals surface area contributed by atoms with Crippen LogP contribution in [-0.4, -0.2) is 0 Å². The third-order valence-corrected chi connectivity index (χ3v) is 3.17. The van der Waals surface area contributed by atoms with Crippen molar-refractivity contribution in [2.45, 2.75) is 19.3 Å². The molecule has 0 aromatic heterocycles. The molecule has 18 heavy (non-hydrogen) atoms. The lowest BCUT2D eigenvalue weighted by Crippen LogP contribution is -1.95. The highest BCUT2D eigenvalue weighted by molar-refractivity contribution is 5.63. The predicted octanol–water partition coefficient (Wildman–Crippen LogP) is 5.03. The number of allylic oxidation sites excluding steroid dienone is 1. The van der Waals surface area contributed by atoms with Gasteiger partial charge in [-0.2, -0.15) is 0 Å². The van der Waals surface area contributed by atoms with Gasteiger partial charge in [-0.25, -0.2) is 4.39 Å². The van der Waals surface area contributed by atoms with E-state index >= 15 is 0 Å². The molecule has 1 atom stereocenters. The number of benzene rings is 2. The fourth-order valence-electron chi connectivity index (χ4n) is 2.07. The largest absolute Gasteiger partial charge is 0.207 e. The molecular formula is C17H17F. The SMILES string of the molecule is C=C(CC(C)c1ccc(F)cc1)c1ccccc1. The molecule has 0 saturated heterocycles. The monoisotopic (exact) mass is 240 g/mol. The predicted molar refractivity (Wildman–Crippen MR) is 74.9 cm³/mol. The molecule has 0 aliphatic carbocycles. The molecule has 1 unspecified atom stereocenters. The van der Waals surface area contributed by atoms with E-state index in [9.17, 15) is 4.39 Å². The molecule has 0 aliphatic rings. The van der Waals surface area contributed by atoms with Crippen LogP contribution < -0.4 is 0 Å². The minimum absolute atomic E-state index is 0.187. The molecule has 0 nitrogen and oxygen atoms in total. The summed E-state index contributed by atoms with van der Waals surface area (Å²) in [5.74, 6) is 0.158. The second-order valence-electron chi connectivity index (χ2n) is 4.63. The van der Waals surface area contributed by atoms with Crippen molar-refractivity contribution in [3.05, 3.63) is 78.1 Å². The molecular weight excluding hydrogens is 223 g/mol. The zero-order valence-corrected chi connectivity index (χ0v) is 10.6. The molecule has 0 fully saturated rings. The Morgan fingerprint density at radius 3 is 2.28 bits per heavy atom. The summed E-state index contributed by atoms with van der Waals surface area (Å²) in [6.45, 7) is 6.27. The maximum Gasteiger partial charge on any atom is 0.123 e. The van der Waals surface area contributed by atoms with E-state index < -0.39 is 0 Å². The van der Waals surface area contributed by atoms with Crippen LogP contribution in [0.4, 0.5) is 4.39 Å². The lowest BCUT2D eigenvalue weighted by Gasteiger charge is -2.14. The molecule has 0 radical (unpaired) electrons. The zero-order chi connectivity index (χ0) is 13.0. The van der Waals surface area contributed by atoms with E-state index in [1.165, 1.54) is 17.7 Å². The van der Waals surface area contributed by atoms with Gasteiger partial charge in [0.25, 0.3) is 0 Å². The van der Waals surface area contributed by atoms with Gasteiger partial charge in [0.2, 0.25) is 0 Å². The Labute approximate surface area is 108 Å². The normalized spacial score (nSPS) is 12.1. The van der Waals surface area contributed by atoms with Gasteiger partial charge in [-0.3, -0.25) is 0 Å². The smallest absolute Gasteiger partial charge is 0.123 e. The van der Waals surface area contributed by atoms with Crippen molar-refractivity contribution in [3.8, 4) is 0 Å². The average Bonchev–Trinajstić information content (AvgIpc) is 2.40. The van der Waals surface area contributed by atoms with Crippen LogP contribution in [0.2, 0.25) is 0 Å². The van der Waals surface area contributed by atoms with Gasteiger partial charge >= 0.3 is 0 Å². The van der Waals surface area contributed by atoms with E-state index in [4.69, 9.17) is 0 Å². The highest BCUT2D eigenvalue weighted by Gasteiger charge is 2.08. The molecule has 92 valence electrons. The Morgan fingerprint density at radius 1 is 1.06 bits per heavy atom. The first-order valence-electron chi connectivity index (χ1n) is 6.15. The lowest BCUT2D eigenvalue weighted by molar-refractivity contribution is 0.625. The highest BCUT2D eigenvalue weighted by Crippen LogP contribution is 2.27. The van der Waals surface area contributed by atoms with Crippen LogP contribution in [0.5, 0.6) is 0 Å². The topological polar surface area (TPSA) is 0 Å². The number of hydrogen-bond donors (Lipinski definition) is 0. The van der Waals surface area contributed by atoms with Crippen molar-refractivity contribution in [1.82, 2.24) is 0 Å². The van der Waals surface area contributed by atoms with Crippen molar-refractivity contribution in [1.29, 1.82) is 0 Å². The summed E-state index contributed by atoms with van der Waals surface area (Å²) < 4.78 is 12.9. The first-order chi connectivity index (χ1) is 8.66. The molecule has 0 amide bonds. The summed E-state index contributed by atoms with van der Waals surface area (Å²) in [7, 11) is 0. The molecule has 0 N–H and O–H groups in total. The maximum absolute atomic E-state index is 12.9. The van der Waals surface area contributed by atoms with E-state index in [2.05, 4.69) is 25.6 Å². The third-order valence-electron chi connectivity index (χ3n) is 3.17. The average molecular weight is 240 g/mol. The fraction of sp³-hybridized carbons (Fsp3) is 0.176. The first kappa shape index (κ1) is 12.6. The molecule has 0 aliphatic heterocycles. The van der Waals surface area contributed by atoms with E-state index in [1.54, 1.807) is 0 Å². The maximum atomic E-state index is 12.9. The molecule has 0 saturated carbocycles. The zero-order valence-electron chi connectivity index (χ0n) is 10.6. The van der Waals surface area contributed by atoms with Crippen molar-refractivity contribution < 1.29 is 4.39 Å². The van der Waals surface area contributed by atoms with E-state index in [-0.39, 0.29) is 5.82 Å². The summed E-state index contributed by atoms with van der Waals surface area (Å²) in [6.07, 6.45) is 0.885. The Hall–Kier alpha value is -1.89. The van der Waals surface area contributed by atoms with Crippen molar-refractivity contribution in [2.75, 3.05) is 0 Å². The summed E-state index contributed by atoms with van der Waals surface area (Å²) in [4.78, 5) is 0. The third kappa shape index (κ3) is 3.07. The van der Waals surface area contributed by atoms with Crippen molar-refractivity contribution >= 4 is 5.57 Å². The standard InChI is InChI=1S/C17H17F/c1-13(15-6-4-3-5-7-15)12-14(2)16-8-10-17(18)11-9-16/h3-11,14H,1,12H2,2H3. The number of rotatable bonds is 4. The van der Waals surface area contributed by atoms with Gasteiger partial charge in [0.15, 0.2) is 0 Å². The Bertz CT molecular complexity index is 511. The molecule has 2 aromatic carbocycles. The van der Waals surface area contributed by atoms with Crippen LogP contribution in [0.3, 0.4) is 0 Å². The van der Waals surface area contributed by atoms with Crippen LogP contribution in [0.15, 0.2) is 61.2 Å². The van der Waals surface area contributed by atoms with Crippen LogP contribution in [-0.2, 0) is 0 Å². The van der Waals surface area contributed by atoms with Gasteiger partial charge in [0.1, 0.15) is 5.82 Å². The van der Waals surface area contributed by atoms with Crippen LogP contribution in [0.1, 0.15) is 30.4 Å². The number of halogens is 1. The van der Waals surface area contributed by atoms with Crippen LogP contribution in [0, 0.1) is 5.82 Å². The van der Waals surface area contributed by atoms with Crippen molar-refractivity contribution in [2.24, 2.45) is 0 Å². The molecule has 0 heterocycles. The van der Waals surface area contributed by atoms with Gasteiger partial charge < -0.3 is 0 Å². The van der Waals surface area contributed by atoms with Gasteiger partial charge in [0, 0.05) is 0 Å². The van der Waals surface area contributed by atoms with E-state index in [0.717, 1.165) is 17.6 Å². The van der Waals surface area contributed by atoms with Gasteiger partial charge in [-0.15, -0.1) is 0 Å². The van der Waals surface area contributed by atoms with Crippen LogP contribution >= 0.6 is 0 Å². The summed E-state index contributed by atoms with van der Waals surface area (Å²) >= 11 is 0.